The van der Waals surface area contributed by atoms with Crippen LogP contribution in [0.2, 0.25) is 0 Å². The zero-order valence-electron chi connectivity index (χ0n) is 21.8. The van der Waals surface area contributed by atoms with Crippen molar-refractivity contribution in [2.24, 2.45) is 20.0 Å². The lowest BCUT2D eigenvalue weighted by atomic mass is 10.2. The molecule has 0 atom stereocenters. The Morgan fingerprint density at radius 2 is 0.643 bits per heavy atom. The molecule has 10 heteroatoms. The summed E-state index contributed by atoms with van der Waals surface area (Å²) in [4.78, 5) is 33.5. The van der Waals surface area contributed by atoms with E-state index in [2.05, 4.69) is 19.9 Å². The van der Waals surface area contributed by atoms with Crippen molar-refractivity contribution in [3.8, 4) is 11.5 Å². The molecule has 0 saturated carbocycles. The minimum Gasteiger partial charge on any atom is -0.504 e. The van der Waals surface area contributed by atoms with Gasteiger partial charge in [-0.2, -0.15) is 0 Å². The van der Waals surface area contributed by atoms with Gasteiger partial charge in [0, 0.05) is 43.1 Å². The first-order valence-corrected chi connectivity index (χ1v) is 13.4. The van der Waals surface area contributed by atoms with Crippen LogP contribution in [0, 0.1) is 0 Å². The molecule has 1 aliphatic heterocycles. The number of rotatable bonds is 0. The van der Waals surface area contributed by atoms with Crippen LogP contribution in [0.3, 0.4) is 0 Å². The number of nitrogens with zero attached hydrogens (tertiary/aromatic N) is 4. The molecule has 6 N–H and O–H groups in total. The van der Waals surface area contributed by atoms with Crippen molar-refractivity contribution in [2.75, 3.05) is 0 Å². The standard InChI is InChI=1S/C32H20N8O2/c41-23-13-21-22(14-24(23)42)32-39-30-20-12-6-4-10-18(20)28(37-30)35-26-16-8-2-1-7-15(16)25(33-26)34-27-17-9-3-5-11-19(17)29(36-27)38-31(21)40-32/h1-14,41-42H,(H4,33,34,35,36,37,38,39,40). The fourth-order valence-electron chi connectivity index (χ4n) is 5.80. The fourth-order valence-corrected chi connectivity index (χ4v) is 5.80. The van der Waals surface area contributed by atoms with E-state index in [4.69, 9.17) is 20.0 Å². The Morgan fingerprint density at radius 1 is 0.357 bits per heavy atom. The van der Waals surface area contributed by atoms with Gasteiger partial charge in [0.15, 0.2) is 11.5 Å². The van der Waals surface area contributed by atoms with Gasteiger partial charge >= 0.3 is 0 Å². The van der Waals surface area contributed by atoms with E-state index in [1.165, 1.54) is 12.1 Å². The van der Waals surface area contributed by atoms with Crippen LogP contribution >= 0.6 is 0 Å². The topological polar surface area (TPSA) is 153 Å². The number of hydrogen-bond acceptors (Lipinski definition) is 6. The van der Waals surface area contributed by atoms with Crippen LogP contribution in [0.25, 0.3) is 43.1 Å². The molecule has 0 spiro atoms. The molecule has 4 aromatic carbocycles. The lowest BCUT2D eigenvalue weighted by Crippen LogP contribution is -2.10. The minimum absolute atomic E-state index is 0.247. The highest BCUT2D eigenvalue weighted by Crippen LogP contribution is 2.35. The molecule has 10 nitrogen and oxygen atoms in total. The number of phenols is 2. The van der Waals surface area contributed by atoms with Gasteiger partial charge in [0.25, 0.3) is 0 Å². The second-order valence-corrected chi connectivity index (χ2v) is 10.3. The van der Waals surface area contributed by atoms with Crippen molar-refractivity contribution in [3.05, 3.63) is 107 Å². The van der Waals surface area contributed by atoms with Crippen molar-refractivity contribution < 1.29 is 10.2 Å². The van der Waals surface area contributed by atoms with E-state index in [1.54, 1.807) is 0 Å². The van der Waals surface area contributed by atoms with E-state index in [9.17, 15) is 10.2 Å². The van der Waals surface area contributed by atoms with Crippen molar-refractivity contribution in [1.29, 1.82) is 0 Å². The normalized spacial score (nSPS) is 12.8. The number of aromatic nitrogens is 4. The van der Waals surface area contributed by atoms with E-state index in [0.717, 1.165) is 32.3 Å². The zero-order chi connectivity index (χ0) is 27.9. The molecule has 8 aromatic rings. The Morgan fingerprint density at radius 3 is 0.976 bits per heavy atom. The molecule has 200 valence electrons. The van der Waals surface area contributed by atoms with Gasteiger partial charge in [0.1, 0.15) is 45.2 Å². The summed E-state index contributed by atoms with van der Waals surface area (Å²) >= 11 is 0. The molecule has 42 heavy (non-hydrogen) atoms. The van der Waals surface area contributed by atoms with Gasteiger partial charge in [0.05, 0.1) is 0 Å². The highest BCUT2D eigenvalue weighted by atomic mass is 16.3. The third-order valence-corrected chi connectivity index (χ3v) is 7.78. The van der Waals surface area contributed by atoms with Gasteiger partial charge < -0.3 is 30.1 Å². The predicted molar refractivity (Wildman–Crippen MR) is 160 cm³/mol. The summed E-state index contributed by atoms with van der Waals surface area (Å²) in [6, 6.07) is 26.8. The van der Waals surface area contributed by atoms with Crippen molar-refractivity contribution >= 4 is 66.4 Å². The second kappa shape index (κ2) is 8.18. The Hall–Kier alpha value is -6.16. The van der Waals surface area contributed by atoms with E-state index < -0.39 is 0 Å². The summed E-state index contributed by atoms with van der Waals surface area (Å²) < 4.78 is 0. The average molecular weight is 549 g/mol. The summed E-state index contributed by atoms with van der Waals surface area (Å²) in [5.41, 5.74) is 2.28. The number of fused-ring (bicyclic) bond motifs is 20. The molecule has 0 aliphatic carbocycles. The molecule has 0 saturated heterocycles. The quantitative estimate of drug-likeness (QED) is 0.145. The predicted octanol–water partition coefficient (Wildman–Crippen LogP) is 5.14. The maximum Gasteiger partial charge on any atom is 0.158 e. The summed E-state index contributed by atoms with van der Waals surface area (Å²) in [5, 5.41) is 27.4. The molecular formula is C32H20N8O2. The molecule has 0 unspecified atom stereocenters. The Labute approximate surface area is 234 Å². The number of phenolic OH excluding ortho intramolecular Hbond substituents is 2. The van der Waals surface area contributed by atoms with Gasteiger partial charge in [-0.3, -0.25) is 0 Å². The molecular weight excluding hydrogens is 528 g/mol. The molecule has 4 aromatic heterocycles. The van der Waals surface area contributed by atoms with Gasteiger partial charge in [-0.05, 0) is 12.1 Å². The third kappa shape index (κ3) is 3.20. The molecule has 1 aliphatic rings. The van der Waals surface area contributed by atoms with Crippen molar-refractivity contribution in [1.82, 2.24) is 19.9 Å². The van der Waals surface area contributed by atoms with Crippen LogP contribution in [0.4, 0.5) is 23.3 Å². The highest BCUT2D eigenvalue weighted by molar-refractivity contribution is 6.01. The summed E-state index contributed by atoms with van der Waals surface area (Å²) in [6.45, 7) is 0. The number of hydrogen-bond donors (Lipinski definition) is 6. The minimum atomic E-state index is -0.247. The zero-order valence-corrected chi connectivity index (χ0v) is 21.8. The molecule has 9 rings (SSSR count). The van der Waals surface area contributed by atoms with E-state index in [1.807, 2.05) is 72.8 Å². The molecule has 8 bridgehead atoms. The molecule has 0 amide bonds. The first-order valence-electron chi connectivity index (χ1n) is 13.4. The Kier molecular flexibility index (Phi) is 4.41. The molecule has 0 fully saturated rings. The van der Waals surface area contributed by atoms with Gasteiger partial charge in [0.2, 0.25) is 0 Å². The van der Waals surface area contributed by atoms with Crippen LogP contribution in [-0.2, 0) is 0 Å². The maximum atomic E-state index is 10.4. The third-order valence-electron chi connectivity index (χ3n) is 7.78. The van der Waals surface area contributed by atoms with E-state index in [-0.39, 0.29) is 11.5 Å². The lowest BCUT2D eigenvalue weighted by molar-refractivity contribution is 0.405. The fraction of sp³-hybridized carbons (Fsp3) is 0. The number of aromatic amines is 4. The van der Waals surface area contributed by atoms with E-state index in [0.29, 0.717) is 56.0 Å². The van der Waals surface area contributed by atoms with Gasteiger partial charge in [-0.25, -0.2) is 20.0 Å². The van der Waals surface area contributed by atoms with Crippen LogP contribution in [0.1, 0.15) is 0 Å². The van der Waals surface area contributed by atoms with Crippen LogP contribution in [0.15, 0.2) is 105 Å². The summed E-state index contributed by atoms with van der Waals surface area (Å²) in [6.07, 6.45) is 0. The first kappa shape index (κ1) is 22.6. The largest absolute Gasteiger partial charge is 0.504 e. The molecule has 0 radical (unpaired) electrons. The number of benzene rings is 4. The monoisotopic (exact) mass is 548 g/mol. The molecule has 5 heterocycles. The smallest absolute Gasteiger partial charge is 0.158 e. The Bertz CT molecular complexity index is 2490. The van der Waals surface area contributed by atoms with Crippen LogP contribution < -0.4 is 22.0 Å². The maximum absolute atomic E-state index is 10.4. The van der Waals surface area contributed by atoms with E-state index >= 15 is 0 Å². The Balaban J connectivity index is 1.51. The van der Waals surface area contributed by atoms with Crippen molar-refractivity contribution in [3.63, 3.8) is 0 Å². The van der Waals surface area contributed by atoms with Gasteiger partial charge in [-0.15, -0.1) is 0 Å². The average Bonchev–Trinajstić information content (AvgIpc) is 3.73. The summed E-state index contributed by atoms with van der Waals surface area (Å²) in [5.74, 6) is 1.97. The number of H-pyrrole nitrogens is 4. The highest BCUT2D eigenvalue weighted by Gasteiger charge is 2.15. The number of nitrogens with one attached hydrogen (secondary N) is 4. The van der Waals surface area contributed by atoms with Crippen LogP contribution in [0.5, 0.6) is 11.5 Å². The van der Waals surface area contributed by atoms with Gasteiger partial charge in [-0.1, -0.05) is 72.8 Å². The lowest BCUT2D eigenvalue weighted by Gasteiger charge is -1.97. The first-order chi connectivity index (χ1) is 20.6. The number of aromatic hydroxyl groups is 2. The second-order valence-electron chi connectivity index (χ2n) is 10.3. The SMILES string of the molecule is Oc1cc2c3[nH]c(c2cc1O)=Nc1[nH]c(c2ccccc12)N=c1[nH]c(c2ccccc12)=Nc1[nH]c(c2ccccc12)N=3. The summed E-state index contributed by atoms with van der Waals surface area (Å²) in [7, 11) is 0. The van der Waals surface area contributed by atoms with Crippen LogP contribution in [-0.4, -0.2) is 30.1 Å². The van der Waals surface area contributed by atoms with Crippen molar-refractivity contribution in [2.45, 2.75) is 0 Å².